The average Bonchev–Trinajstić information content (AvgIpc) is 2.66. The summed E-state index contributed by atoms with van der Waals surface area (Å²) in [6, 6.07) is 1.94. The number of nitrogens with zero attached hydrogens (tertiary/aromatic N) is 1. The fraction of sp³-hybridized carbons (Fsp3) is 0.739. The van der Waals surface area contributed by atoms with Crippen LogP contribution in [-0.4, -0.2) is 49.6 Å². The van der Waals surface area contributed by atoms with Crippen molar-refractivity contribution in [3.63, 3.8) is 0 Å². The number of piperidine rings is 1. The van der Waals surface area contributed by atoms with E-state index in [0.717, 1.165) is 31.5 Å². The third-order valence-electron chi connectivity index (χ3n) is 5.81. The lowest BCUT2D eigenvalue weighted by Gasteiger charge is -2.45. The molecule has 1 aromatic rings. The maximum atomic E-state index is 15.3. The lowest BCUT2D eigenvalue weighted by Crippen LogP contribution is -2.47. The Kier molecular flexibility index (Phi) is 7.41. The van der Waals surface area contributed by atoms with Crippen molar-refractivity contribution in [3.05, 3.63) is 23.0 Å². The number of benzene rings is 1. The third-order valence-corrected chi connectivity index (χ3v) is 5.81. The molecule has 2 atom stereocenters. The first-order valence-corrected chi connectivity index (χ1v) is 11.0. The number of hydrogen-bond acceptors (Lipinski definition) is 4. The molecule has 8 heteroatoms. The highest BCUT2D eigenvalue weighted by Crippen LogP contribution is 2.44. The summed E-state index contributed by atoms with van der Waals surface area (Å²) in [5.41, 5.74) is 1.34. The Bertz CT molecular complexity index is 761. The summed E-state index contributed by atoms with van der Waals surface area (Å²) in [5, 5.41) is 0. The minimum atomic E-state index is -4.18. The number of hydrogen-bond donors (Lipinski definition) is 0. The van der Waals surface area contributed by atoms with Crippen LogP contribution in [0.2, 0.25) is 0 Å². The van der Waals surface area contributed by atoms with Crippen LogP contribution >= 0.6 is 0 Å². The van der Waals surface area contributed by atoms with Crippen molar-refractivity contribution in [1.29, 1.82) is 0 Å². The summed E-state index contributed by atoms with van der Waals surface area (Å²) < 4.78 is 69.3. The van der Waals surface area contributed by atoms with Gasteiger partial charge in [0.2, 0.25) is 0 Å². The molecule has 4 nitrogen and oxygen atoms in total. The summed E-state index contributed by atoms with van der Waals surface area (Å²) in [5.74, 6) is -0.147. The average molecular weight is 448 g/mol. The van der Waals surface area contributed by atoms with Gasteiger partial charge in [0.1, 0.15) is 0 Å². The zero-order chi connectivity index (χ0) is 22.8. The van der Waals surface area contributed by atoms with Crippen molar-refractivity contribution in [1.82, 2.24) is 4.90 Å². The van der Waals surface area contributed by atoms with Crippen LogP contribution in [0.5, 0.6) is 11.5 Å². The fourth-order valence-electron chi connectivity index (χ4n) is 4.56. The SMILES string of the molecule is COc1cc2c(c(F)c1OCCCCC(F)(F)F)CCN1CC(OC(C)(C)C)CCC21. The Morgan fingerprint density at radius 2 is 1.87 bits per heavy atom. The van der Waals surface area contributed by atoms with Gasteiger partial charge in [-0.2, -0.15) is 13.2 Å². The minimum absolute atomic E-state index is 0.00598. The lowest BCUT2D eigenvalue weighted by atomic mass is 9.85. The van der Waals surface area contributed by atoms with E-state index in [-0.39, 0.29) is 42.9 Å². The molecule has 31 heavy (non-hydrogen) atoms. The van der Waals surface area contributed by atoms with E-state index in [1.165, 1.54) is 7.11 Å². The highest BCUT2D eigenvalue weighted by Gasteiger charge is 2.37. The summed E-state index contributed by atoms with van der Waals surface area (Å²) >= 11 is 0. The van der Waals surface area contributed by atoms with Gasteiger partial charge in [-0.25, -0.2) is 4.39 Å². The van der Waals surface area contributed by atoms with Gasteiger partial charge in [0.05, 0.1) is 25.4 Å². The zero-order valence-corrected chi connectivity index (χ0v) is 18.8. The van der Waals surface area contributed by atoms with E-state index >= 15 is 4.39 Å². The van der Waals surface area contributed by atoms with E-state index in [2.05, 4.69) is 25.7 Å². The maximum Gasteiger partial charge on any atom is 0.389 e. The molecule has 1 aromatic carbocycles. The maximum absolute atomic E-state index is 15.3. The number of unbranched alkanes of at least 4 members (excludes halogenated alkanes) is 1. The number of ether oxygens (including phenoxy) is 3. The van der Waals surface area contributed by atoms with Crippen LogP contribution in [-0.2, 0) is 11.2 Å². The van der Waals surface area contributed by atoms with E-state index in [9.17, 15) is 13.2 Å². The zero-order valence-electron chi connectivity index (χ0n) is 18.8. The third kappa shape index (κ3) is 6.25. The standard InChI is InChI=1S/C23H33F4NO3/c1-22(2,3)31-15-7-8-18-17-13-19(29-4)21(30-12-6-5-10-23(25,26)27)20(24)16(17)9-11-28(18)14-15/h13,15,18H,5-12,14H2,1-4H3. The van der Waals surface area contributed by atoms with E-state index in [4.69, 9.17) is 14.2 Å². The smallest absolute Gasteiger partial charge is 0.389 e. The topological polar surface area (TPSA) is 30.9 Å². The van der Waals surface area contributed by atoms with Gasteiger partial charge in [-0.1, -0.05) is 0 Å². The number of alkyl halides is 3. The Morgan fingerprint density at radius 1 is 1.13 bits per heavy atom. The lowest BCUT2D eigenvalue weighted by molar-refractivity contribution is -0.135. The molecular formula is C23H33F4NO3. The van der Waals surface area contributed by atoms with Gasteiger partial charge in [0.25, 0.3) is 0 Å². The van der Waals surface area contributed by atoms with Gasteiger partial charge in [0, 0.05) is 25.6 Å². The van der Waals surface area contributed by atoms with Crippen molar-refractivity contribution in [2.24, 2.45) is 0 Å². The number of methoxy groups -OCH3 is 1. The van der Waals surface area contributed by atoms with Crippen molar-refractivity contribution in [2.45, 2.75) is 83.2 Å². The normalized spacial score (nSPS) is 22.1. The summed E-state index contributed by atoms with van der Waals surface area (Å²) in [6.07, 6.45) is -2.42. The second-order valence-electron chi connectivity index (χ2n) is 9.40. The second kappa shape index (κ2) is 9.53. The Balaban J connectivity index is 1.70. The molecule has 0 bridgehead atoms. The first-order chi connectivity index (χ1) is 14.5. The van der Waals surface area contributed by atoms with Crippen LogP contribution in [0.25, 0.3) is 0 Å². The van der Waals surface area contributed by atoms with Crippen molar-refractivity contribution in [2.75, 3.05) is 26.8 Å². The fourth-order valence-corrected chi connectivity index (χ4v) is 4.56. The molecule has 2 aliphatic heterocycles. The number of fused-ring (bicyclic) bond motifs is 3. The van der Waals surface area contributed by atoms with Crippen LogP contribution < -0.4 is 9.47 Å². The molecule has 0 saturated carbocycles. The predicted octanol–water partition coefficient (Wildman–Crippen LogP) is 5.82. The first kappa shape index (κ1) is 24.1. The number of rotatable bonds is 7. The van der Waals surface area contributed by atoms with E-state index in [0.29, 0.717) is 17.7 Å². The van der Waals surface area contributed by atoms with E-state index in [1.54, 1.807) is 0 Å². The van der Waals surface area contributed by atoms with Gasteiger partial charge in [0.15, 0.2) is 17.3 Å². The summed E-state index contributed by atoms with van der Waals surface area (Å²) in [6.45, 7) is 7.71. The van der Waals surface area contributed by atoms with E-state index in [1.807, 2.05) is 6.07 Å². The predicted molar refractivity (Wildman–Crippen MR) is 110 cm³/mol. The van der Waals surface area contributed by atoms with Crippen LogP contribution in [0.1, 0.15) is 70.0 Å². The molecule has 2 heterocycles. The molecule has 176 valence electrons. The minimum Gasteiger partial charge on any atom is -0.493 e. The molecule has 1 saturated heterocycles. The van der Waals surface area contributed by atoms with Gasteiger partial charge in [-0.15, -0.1) is 0 Å². The van der Waals surface area contributed by atoms with Crippen molar-refractivity contribution < 1.29 is 31.8 Å². The van der Waals surface area contributed by atoms with Gasteiger partial charge in [-0.05, 0) is 70.1 Å². The quantitative estimate of drug-likeness (QED) is 0.389. The Hall–Kier alpha value is -1.54. The molecular weight excluding hydrogens is 414 g/mol. The Morgan fingerprint density at radius 3 is 2.52 bits per heavy atom. The first-order valence-electron chi connectivity index (χ1n) is 11.0. The molecule has 3 rings (SSSR count). The molecule has 1 fully saturated rings. The van der Waals surface area contributed by atoms with Crippen molar-refractivity contribution >= 4 is 0 Å². The van der Waals surface area contributed by atoms with Gasteiger partial charge in [-0.3, -0.25) is 4.90 Å². The molecule has 0 spiro atoms. The molecule has 0 aromatic heterocycles. The largest absolute Gasteiger partial charge is 0.493 e. The monoisotopic (exact) mass is 447 g/mol. The Labute approximate surface area is 181 Å². The number of halogens is 4. The van der Waals surface area contributed by atoms with Crippen LogP contribution in [0, 0.1) is 5.82 Å². The van der Waals surface area contributed by atoms with Gasteiger partial charge < -0.3 is 14.2 Å². The summed E-state index contributed by atoms with van der Waals surface area (Å²) in [7, 11) is 1.45. The van der Waals surface area contributed by atoms with E-state index < -0.39 is 18.4 Å². The molecule has 2 aliphatic rings. The molecule has 0 amide bonds. The summed E-state index contributed by atoms with van der Waals surface area (Å²) in [4.78, 5) is 2.35. The second-order valence-corrected chi connectivity index (χ2v) is 9.40. The van der Waals surface area contributed by atoms with Crippen LogP contribution in [0.4, 0.5) is 17.6 Å². The molecule has 0 N–H and O–H groups in total. The van der Waals surface area contributed by atoms with Gasteiger partial charge >= 0.3 is 6.18 Å². The highest BCUT2D eigenvalue weighted by atomic mass is 19.4. The van der Waals surface area contributed by atoms with Crippen molar-refractivity contribution in [3.8, 4) is 11.5 Å². The molecule has 0 radical (unpaired) electrons. The molecule has 0 aliphatic carbocycles. The molecule has 2 unspecified atom stereocenters. The highest BCUT2D eigenvalue weighted by molar-refractivity contribution is 5.51. The van der Waals surface area contributed by atoms with Crippen LogP contribution in [0.3, 0.4) is 0 Å². The van der Waals surface area contributed by atoms with Crippen LogP contribution in [0.15, 0.2) is 6.07 Å².